The van der Waals surface area contributed by atoms with Crippen molar-refractivity contribution in [2.45, 2.75) is 19.9 Å². The third kappa shape index (κ3) is 3.21. The van der Waals surface area contributed by atoms with Crippen LogP contribution in [0.15, 0.2) is 48.9 Å². The summed E-state index contributed by atoms with van der Waals surface area (Å²) in [4.78, 5) is 23.0. The average Bonchev–Trinajstić information content (AvgIpc) is 3.03. The Morgan fingerprint density at radius 1 is 1.19 bits per heavy atom. The number of morpholine rings is 1. The van der Waals surface area contributed by atoms with E-state index in [1.807, 2.05) is 53.8 Å². The number of para-hydroxylation sites is 1. The van der Waals surface area contributed by atoms with Gasteiger partial charge in [0.25, 0.3) is 5.91 Å². The number of carbonyl (C=O) groups excluding carboxylic acids is 1. The molecule has 0 saturated carbocycles. The topological polar surface area (TPSA) is 73.1 Å². The molecule has 1 atom stereocenters. The van der Waals surface area contributed by atoms with E-state index in [9.17, 15) is 4.79 Å². The summed E-state index contributed by atoms with van der Waals surface area (Å²) in [5.41, 5.74) is 4.26. The summed E-state index contributed by atoms with van der Waals surface area (Å²) in [7, 11) is 0. The first-order chi connectivity index (χ1) is 13.2. The van der Waals surface area contributed by atoms with Gasteiger partial charge in [-0.3, -0.25) is 9.78 Å². The fourth-order valence-corrected chi connectivity index (χ4v) is 3.60. The molecule has 1 aromatic carbocycles. The SMILES string of the molecule is Cc1nn(-c2ccccc2)c(C)c1[C@H]1COCCN1C(=O)c1cnccn1. The van der Waals surface area contributed by atoms with Crippen LogP contribution in [0.4, 0.5) is 0 Å². The highest BCUT2D eigenvalue weighted by Crippen LogP contribution is 2.31. The maximum atomic E-state index is 13.0. The van der Waals surface area contributed by atoms with Gasteiger partial charge in [-0.2, -0.15) is 5.10 Å². The molecule has 0 unspecified atom stereocenters. The molecule has 3 heterocycles. The smallest absolute Gasteiger partial charge is 0.274 e. The van der Waals surface area contributed by atoms with Crippen LogP contribution < -0.4 is 0 Å². The van der Waals surface area contributed by atoms with Crippen molar-refractivity contribution in [3.05, 3.63) is 71.6 Å². The molecule has 1 fully saturated rings. The maximum absolute atomic E-state index is 13.0. The van der Waals surface area contributed by atoms with E-state index in [-0.39, 0.29) is 11.9 Å². The zero-order chi connectivity index (χ0) is 18.8. The first-order valence-corrected chi connectivity index (χ1v) is 8.93. The lowest BCUT2D eigenvalue weighted by Crippen LogP contribution is -2.44. The summed E-state index contributed by atoms with van der Waals surface area (Å²) >= 11 is 0. The molecule has 4 rings (SSSR count). The summed E-state index contributed by atoms with van der Waals surface area (Å²) in [5, 5.41) is 4.72. The number of benzene rings is 1. The van der Waals surface area contributed by atoms with E-state index < -0.39 is 0 Å². The number of aromatic nitrogens is 4. The molecule has 7 nitrogen and oxygen atoms in total. The Labute approximate surface area is 157 Å². The van der Waals surface area contributed by atoms with E-state index in [0.717, 1.165) is 22.6 Å². The maximum Gasteiger partial charge on any atom is 0.274 e. The normalized spacial score (nSPS) is 17.1. The van der Waals surface area contributed by atoms with Crippen LogP contribution in [0.3, 0.4) is 0 Å². The van der Waals surface area contributed by atoms with Crippen molar-refractivity contribution in [3.8, 4) is 5.69 Å². The van der Waals surface area contributed by atoms with Crippen LogP contribution in [0.25, 0.3) is 5.69 Å². The van der Waals surface area contributed by atoms with Crippen molar-refractivity contribution < 1.29 is 9.53 Å². The molecule has 138 valence electrons. The van der Waals surface area contributed by atoms with Crippen LogP contribution in [-0.2, 0) is 4.74 Å². The summed E-state index contributed by atoms with van der Waals surface area (Å²) < 4.78 is 7.63. The molecular weight excluding hydrogens is 342 g/mol. The third-order valence-corrected chi connectivity index (χ3v) is 4.85. The Morgan fingerprint density at radius 3 is 2.74 bits per heavy atom. The van der Waals surface area contributed by atoms with Crippen molar-refractivity contribution in [2.24, 2.45) is 0 Å². The molecule has 7 heteroatoms. The lowest BCUT2D eigenvalue weighted by atomic mass is 10.0. The molecule has 1 aliphatic rings. The van der Waals surface area contributed by atoms with E-state index in [0.29, 0.717) is 25.5 Å². The lowest BCUT2D eigenvalue weighted by Gasteiger charge is -2.35. The monoisotopic (exact) mass is 363 g/mol. The minimum atomic E-state index is -0.203. The van der Waals surface area contributed by atoms with Crippen LogP contribution in [-0.4, -0.2) is 50.3 Å². The highest BCUT2D eigenvalue weighted by Gasteiger charge is 2.33. The van der Waals surface area contributed by atoms with Crippen molar-refractivity contribution in [1.29, 1.82) is 0 Å². The number of nitrogens with zero attached hydrogens (tertiary/aromatic N) is 5. The molecule has 1 aliphatic heterocycles. The summed E-state index contributed by atoms with van der Waals surface area (Å²) in [6.45, 7) is 5.46. The van der Waals surface area contributed by atoms with Crippen molar-refractivity contribution in [3.63, 3.8) is 0 Å². The van der Waals surface area contributed by atoms with Gasteiger partial charge < -0.3 is 9.64 Å². The number of aryl methyl sites for hydroxylation is 1. The van der Waals surface area contributed by atoms with Crippen molar-refractivity contribution in [2.75, 3.05) is 19.8 Å². The lowest BCUT2D eigenvalue weighted by molar-refractivity contribution is -0.00337. The van der Waals surface area contributed by atoms with E-state index in [1.54, 1.807) is 6.20 Å². The van der Waals surface area contributed by atoms with Crippen LogP contribution in [0, 0.1) is 13.8 Å². The van der Waals surface area contributed by atoms with Gasteiger partial charge in [0, 0.05) is 30.2 Å². The minimum absolute atomic E-state index is 0.136. The molecule has 2 aromatic heterocycles. The number of hydrogen-bond acceptors (Lipinski definition) is 5. The predicted octanol–water partition coefficient (Wildman–Crippen LogP) is 2.49. The number of amides is 1. The van der Waals surface area contributed by atoms with Gasteiger partial charge in [0.1, 0.15) is 5.69 Å². The number of carbonyl (C=O) groups is 1. The van der Waals surface area contributed by atoms with Crippen molar-refractivity contribution in [1.82, 2.24) is 24.6 Å². The fourth-order valence-electron chi connectivity index (χ4n) is 3.60. The third-order valence-electron chi connectivity index (χ3n) is 4.85. The Bertz CT molecular complexity index is 940. The summed E-state index contributed by atoms with van der Waals surface area (Å²) in [5.74, 6) is -0.136. The standard InChI is InChI=1S/C20H21N5O2/c1-14-19(15(2)25(23-14)16-6-4-3-5-7-16)18-13-27-11-10-24(18)20(26)17-12-21-8-9-22-17/h3-9,12,18H,10-11,13H2,1-2H3/t18-/m1/s1. The Hall–Kier alpha value is -3.06. The van der Waals surface area contributed by atoms with Gasteiger partial charge in [0.15, 0.2) is 0 Å². The quantitative estimate of drug-likeness (QED) is 0.715. The zero-order valence-corrected chi connectivity index (χ0v) is 15.4. The molecule has 27 heavy (non-hydrogen) atoms. The second kappa shape index (κ2) is 7.28. The van der Waals surface area contributed by atoms with Crippen LogP contribution in [0.2, 0.25) is 0 Å². The molecule has 0 radical (unpaired) electrons. The number of ether oxygens (including phenoxy) is 1. The highest BCUT2D eigenvalue weighted by molar-refractivity contribution is 5.92. The number of hydrogen-bond donors (Lipinski definition) is 0. The highest BCUT2D eigenvalue weighted by atomic mass is 16.5. The van der Waals surface area contributed by atoms with Gasteiger partial charge in [-0.1, -0.05) is 18.2 Å². The van der Waals surface area contributed by atoms with Gasteiger partial charge >= 0.3 is 0 Å². The second-order valence-corrected chi connectivity index (χ2v) is 6.51. The average molecular weight is 363 g/mol. The second-order valence-electron chi connectivity index (χ2n) is 6.51. The van der Waals surface area contributed by atoms with E-state index >= 15 is 0 Å². The fraction of sp³-hybridized carbons (Fsp3) is 0.300. The predicted molar refractivity (Wildman–Crippen MR) is 99.7 cm³/mol. The largest absolute Gasteiger partial charge is 0.377 e. The van der Waals surface area contributed by atoms with Crippen LogP contribution >= 0.6 is 0 Å². The van der Waals surface area contributed by atoms with Gasteiger partial charge in [0.05, 0.1) is 36.8 Å². The summed E-state index contributed by atoms with van der Waals surface area (Å²) in [6.07, 6.45) is 4.60. The molecule has 1 saturated heterocycles. The van der Waals surface area contributed by atoms with Gasteiger partial charge in [-0.25, -0.2) is 9.67 Å². The van der Waals surface area contributed by atoms with Gasteiger partial charge in [-0.05, 0) is 26.0 Å². The Kier molecular flexibility index (Phi) is 4.68. The zero-order valence-electron chi connectivity index (χ0n) is 15.4. The molecular formula is C20H21N5O2. The molecule has 0 N–H and O–H groups in total. The Balaban J connectivity index is 1.73. The van der Waals surface area contributed by atoms with E-state index in [1.165, 1.54) is 12.4 Å². The molecule has 3 aromatic rings. The first-order valence-electron chi connectivity index (χ1n) is 8.93. The molecule has 0 spiro atoms. The number of rotatable bonds is 3. The van der Waals surface area contributed by atoms with E-state index in [4.69, 9.17) is 9.84 Å². The molecule has 0 bridgehead atoms. The Morgan fingerprint density at radius 2 is 2.00 bits per heavy atom. The van der Waals surface area contributed by atoms with E-state index in [2.05, 4.69) is 9.97 Å². The van der Waals surface area contributed by atoms with Gasteiger partial charge in [0.2, 0.25) is 0 Å². The van der Waals surface area contributed by atoms with Crippen LogP contribution in [0.5, 0.6) is 0 Å². The minimum Gasteiger partial charge on any atom is -0.377 e. The van der Waals surface area contributed by atoms with Crippen LogP contribution in [0.1, 0.15) is 33.5 Å². The first kappa shape index (κ1) is 17.4. The summed E-state index contributed by atoms with van der Waals surface area (Å²) in [6, 6.07) is 9.78. The molecule has 0 aliphatic carbocycles. The molecule has 1 amide bonds. The van der Waals surface area contributed by atoms with Crippen molar-refractivity contribution >= 4 is 5.91 Å². The van der Waals surface area contributed by atoms with Gasteiger partial charge in [-0.15, -0.1) is 0 Å².